The minimum Gasteiger partial charge on any atom is -0.478 e. The van der Waals surface area contributed by atoms with Crippen LogP contribution in [0.25, 0.3) is 0 Å². The van der Waals surface area contributed by atoms with Crippen molar-refractivity contribution in [2.24, 2.45) is 0 Å². The highest BCUT2D eigenvalue weighted by Gasteiger charge is 2.21. The fourth-order valence-electron chi connectivity index (χ4n) is 1.71. The van der Waals surface area contributed by atoms with E-state index < -0.39 is 27.4 Å². The smallest absolute Gasteiger partial charge is 0.335 e. The topological polar surface area (TPSA) is 92.7 Å². The second kappa shape index (κ2) is 7.48. The lowest BCUT2D eigenvalue weighted by atomic mass is 10.1. The van der Waals surface area contributed by atoms with Crippen molar-refractivity contribution in [2.75, 3.05) is 20.3 Å². The van der Waals surface area contributed by atoms with Gasteiger partial charge in [0.25, 0.3) is 0 Å². The van der Waals surface area contributed by atoms with E-state index in [4.69, 9.17) is 9.84 Å². The van der Waals surface area contributed by atoms with Crippen LogP contribution in [-0.4, -0.2) is 39.8 Å². The predicted molar refractivity (Wildman–Crippen MR) is 74.4 cm³/mol. The van der Waals surface area contributed by atoms with Crippen molar-refractivity contribution in [1.82, 2.24) is 4.72 Å². The number of benzene rings is 1. The Morgan fingerprint density at radius 2 is 2.05 bits per heavy atom. The van der Waals surface area contributed by atoms with Crippen LogP contribution in [0.5, 0.6) is 0 Å². The van der Waals surface area contributed by atoms with Gasteiger partial charge in [-0.25, -0.2) is 22.3 Å². The first-order chi connectivity index (χ1) is 9.79. The van der Waals surface area contributed by atoms with Gasteiger partial charge in [0, 0.05) is 25.8 Å². The van der Waals surface area contributed by atoms with Gasteiger partial charge in [-0.2, -0.15) is 0 Å². The minimum absolute atomic E-state index is 0.107. The van der Waals surface area contributed by atoms with E-state index in [0.717, 1.165) is 12.1 Å². The lowest BCUT2D eigenvalue weighted by molar-refractivity contribution is 0.0696. The molecule has 0 aromatic heterocycles. The summed E-state index contributed by atoms with van der Waals surface area (Å²) in [6.07, 6.45) is 1.24. The van der Waals surface area contributed by atoms with Gasteiger partial charge < -0.3 is 9.84 Å². The Morgan fingerprint density at radius 1 is 1.38 bits per heavy atom. The molecule has 0 radical (unpaired) electrons. The molecule has 21 heavy (non-hydrogen) atoms. The first kappa shape index (κ1) is 17.5. The third-order valence-corrected chi connectivity index (χ3v) is 4.49. The van der Waals surface area contributed by atoms with Gasteiger partial charge in [0.2, 0.25) is 10.0 Å². The minimum atomic E-state index is -3.95. The molecule has 0 fully saturated rings. The summed E-state index contributed by atoms with van der Waals surface area (Å²) >= 11 is 0. The molecule has 0 aliphatic heterocycles. The van der Waals surface area contributed by atoms with Gasteiger partial charge >= 0.3 is 5.97 Å². The molecule has 1 rings (SSSR count). The predicted octanol–water partition coefficient (Wildman–Crippen LogP) is 1.54. The van der Waals surface area contributed by atoms with E-state index in [-0.39, 0.29) is 17.0 Å². The molecule has 8 heteroatoms. The number of unbranched alkanes of at least 4 members (excludes halogenated alkanes) is 1. The first-order valence-electron chi connectivity index (χ1n) is 6.31. The van der Waals surface area contributed by atoms with Crippen LogP contribution in [0, 0.1) is 12.7 Å². The Labute approximate surface area is 123 Å². The highest BCUT2D eigenvalue weighted by Crippen LogP contribution is 2.20. The summed E-state index contributed by atoms with van der Waals surface area (Å²) in [5.41, 5.74) is -0.512. The van der Waals surface area contributed by atoms with Gasteiger partial charge in [-0.15, -0.1) is 0 Å². The van der Waals surface area contributed by atoms with Crippen molar-refractivity contribution in [3.05, 3.63) is 29.1 Å². The Morgan fingerprint density at radius 3 is 2.62 bits per heavy atom. The van der Waals surface area contributed by atoms with E-state index in [1.807, 2.05) is 0 Å². The van der Waals surface area contributed by atoms with E-state index in [9.17, 15) is 17.6 Å². The maximum absolute atomic E-state index is 13.6. The number of nitrogens with one attached hydrogen (secondary N) is 1. The highest BCUT2D eigenvalue weighted by atomic mass is 32.2. The standard InChI is InChI=1S/C13H18FNO5S/c1-9-11(14)7-10(13(16)17)8-12(9)21(18,19)15-5-3-4-6-20-2/h7-8,15H,3-6H2,1-2H3,(H,16,17). The number of carbonyl (C=O) groups is 1. The van der Waals surface area contributed by atoms with E-state index in [0.29, 0.717) is 19.4 Å². The molecular weight excluding hydrogens is 301 g/mol. The van der Waals surface area contributed by atoms with Crippen molar-refractivity contribution in [1.29, 1.82) is 0 Å². The average molecular weight is 319 g/mol. The number of aromatic carboxylic acids is 1. The van der Waals surface area contributed by atoms with Crippen molar-refractivity contribution in [3.63, 3.8) is 0 Å². The Kier molecular flexibility index (Phi) is 6.25. The average Bonchev–Trinajstić information content (AvgIpc) is 2.40. The number of ether oxygens (including phenoxy) is 1. The Balaban J connectivity index is 2.94. The lowest BCUT2D eigenvalue weighted by Gasteiger charge is -2.11. The summed E-state index contributed by atoms with van der Waals surface area (Å²) in [6, 6.07) is 1.76. The number of halogens is 1. The van der Waals surface area contributed by atoms with Crippen LogP contribution in [0.2, 0.25) is 0 Å². The second-order valence-electron chi connectivity index (χ2n) is 4.48. The molecule has 0 saturated carbocycles. The number of rotatable bonds is 8. The summed E-state index contributed by atoms with van der Waals surface area (Å²) in [7, 11) is -2.40. The summed E-state index contributed by atoms with van der Waals surface area (Å²) in [5.74, 6) is -2.25. The monoisotopic (exact) mass is 319 g/mol. The normalized spacial score (nSPS) is 11.6. The molecule has 0 aliphatic rings. The van der Waals surface area contributed by atoms with Crippen LogP contribution in [0.4, 0.5) is 4.39 Å². The van der Waals surface area contributed by atoms with Gasteiger partial charge in [-0.3, -0.25) is 0 Å². The number of carboxylic acid groups (broad SMARTS) is 1. The maximum Gasteiger partial charge on any atom is 0.335 e. The van der Waals surface area contributed by atoms with Gasteiger partial charge in [0.1, 0.15) is 5.82 Å². The van der Waals surface area contributed by atoms with Gasteiger partial charge in [0.15, 0.2) is 0 Å². The number of hydrogen-bond acceptors (Lipinski definition) is 4. The van der Waals surface area contributed by atoms with Crippen LogP contribution in [-0.2, 0) is 14.8 Å². The summed E-state index contributed by atoms with van der Waals surface area (Å²) in [6.45, 7) is 1.98. The summed E-state index contributed by atoms with van der Waals surface area (Å²) < 4.78 is 45.0. The van der Waals surface area contributed by atoms with Crippen molar-refractivity contribution in [3.8, 4) is 0 Å². The molecule has 0 saturated heterocycles. The highest BCUT2D eigenvalue weighted by molar-refractivity contribution is 7.89. The molecule has 118 valence electrons. The lowest BCUT2D eigenvalue weighted by Crippen LogP contribution is -2.26. The zero-order valence-corrected chi connectivity index (χ0v) is 12.7. The van der Waals surface area contributed by atoms with Gasteiger partial charge in [-0.05, 0) is 31.9 Å². The van der Waals surface area contributed by atoms with Crippen LogP contribution in [0.1, 0.15) is 28.8 Å². The largest absolute Gasteiger partial charge is 0.478 e. The van der Waals surface area contributed by atoms with Crippen LogP contribution in [0.3, 0.4) is 0 Å². The SMILES string of the molecule is COCCCCNS(=O)(=O)c1cc(C(=O)O)cc(F)c1C. The molecule has 0 amide bonds. The first-order valence-corrected chi connectivity index (χ1v) is 7.80. The Hall–Kier alpha value is -1.51. The van der Waals surface area contributed by atoms with E-state index >= 15 is 0 Å². The molecule has 6 nitrogen and oxygen atoms in total. The zero-order valence-electron chi connectivity index (χ0n) is 11.8. The number of sulfonamides is 1. The van der Waals surface area contributed by atoms with Crippen LogP contribution >= 0.6 is 0 Å². The van der Waals surface area contributed by atoms with Crippen molar-refractivity contribution < 1.29 is 27.4 Å². The second-order valence-corrected chi connectivity index (χ2v) is 6.22. The fraction of sp³-hybridized carbons (Fsp3) is 0.462. The molecule has 2 N–H and O–H groups in total. The molecule has 1 aromatic rings. The molecule has 0 atom stereocenters. The Bertz CT molecular complexity index is 615. The van der Waals surface area contributed by atoms with Crippen molar-refractivity contribution in [2.45, 2.75) is 24.7 Å². The van der Waals surface area contributed by atoms with Gasteiger partial charge in [-0.1, -0.05) is 0 Å². The molecule has 1 aromatic carbocycles. The van der Waals surface area contributed by atoms with Crippen LogP contribution in [0.15, 0.2) is 17.0 Å². The molecule has 0 heterocycles. The number of methoxy groups -OCH3 is 1. The molecular formula is C13H18FNO5S. The third-order valence-electron chi connectivity index (χ3n) is 2.90. The molecule has 0 spiro atoms. The van der Waals surface area contributed by atoms with E-state index in [2.05, 4.69) is 4.72 Å². The summed E-state index contributed by atoms with van der Waals surface area (Å²) in [4.78, 5) is 10.5. The molecule has 0 unspecified atom stereocenters. The third kappa shape index (κ3) is 4.76. The van der Waals surface area contributed by atoms with Crippen LogP contribution < -0.4 is 4.72 Å². The maximum atomic E-state index is 13.6. The van der Waals surface area contributed by atoms with Crippen molar-refractivity contribution >= 4 is 16.0 Å². The van der Waals surface area contributed by atoms with E-state index in [1.54, 1.807) is 7.11 Å². The summed E-state index contributed by atoms with van der Waals surface area (Å²) in [5, 5.41) is 8.87. The molecule has 0 aliphatic carbocycles. The number of hydrogen-bond donors (Lipinski definition) is 2. The number of carboxylic acids is 1. The van der Waals surface area contributed by atoms with E-state index in [1.165, 1.54) is 6.92 Å². The molecule has 0 bridgehead atoms. The quantitative estimate of drug-likeness (QED) is 0.709. The zero-order chi connectivity index (χ0) is 16.0. The van der Waals surface area contributed by atoms with Gasteiger partial charge in [0.05, 0.1) is 10.5 Å². The fourth-order valence-corrected chi connectivity index (χ4v) is 3.06.